The highest BCUT2D eigenvalue weighted by Gasteiger charge is 2.34. The van der Waals surface area contributed by atoms with E-state index in [-0.39, 0.29) is 12.2 Å². The Morgan fingerprint density at radius 3 is 2.43 bits per heavy atom. The van der Waals surface area contributed by atoms with Crippen LogP contribution in [0.3, 0.4) is 0 Å². The molecule has 0 aromatic carbocycles. The Morgan fingerprint density at radius 2 is 1.87 bits per heavy atom. The van der Waals surface area contributed by atoms with Crippen LogP contribution in [0.2, 0.25) is 0 Å². The predicted molar refractivity (Wildman–Crippen MR) is 92.2 cm³/mol. The first-order valence-corrected chi connectivity index (χ1v) is 10.00. The molecule has 1 saturated heterocycles. The van der Waals surface area contributed by atoms with Crippen molar-refractivity contribution in [3.05, 3.63) is 11.3 Å². The summed E-state index contributed by atoms with van der Waals surface area (Å²) >= 11 is 1.82. The number of hydrogen-bond donors (Lipinski definition) is 1. The van der Waals surface area contributed by atoms with Crippen molar-refractivity contribution in [1.82, 2.24) is 9.78 Å². The van der Waals surface area contributed by atoms with E-state index in [9.17, 15) is 4.79 Å². The number of nitrogens with one attached hydrogen (secondary N) is 1. The zero-order valence-electron chi connectivity index (χ0n) is 13.7. The number of ether oxygens (including phenoxy) is 1. The molecule has 1 aliphatic heterocycles. The normalized spacial score (nSPS) is 22.7. The second-order valence-corrected chi connectivity index (χ2v) is 8.15. The maximum atomic E-state index is 12.2. The summed E-state index contributed by atoms with van der Waals surface area (Å²) < 4.78 is 7.31. The lowest BCUT2D eigenvalue weighted by Gasteiger charge is -2.28. The molecule has 2 heterocycles. The van der Waals surface area contributed by atoms with Gasteiger partial charge in [-0.3, -0.25) is 10.00 Å². The van der Waals surface area contributed by atoms with E-state index in [2.05, 4.69) is 5.32 Å². The van der Waals surface area contributed by atoms with Crippen molar-refractivity contribution < 1.29 is 9.53 Å². The number of nitrogens with zero attached hydrogens (tertiary/aromatic N) is 2. The Kier molecular flexibility index (Phi) is 4.26. The molecule has 23 heavy (non-hydrogen) atoms. The highest BCUT2D eigenvalue weighted by molar-refractivity contribution is 8.00. The molecule has 0 radical (unpaired) electrons. The van der Waals surface area contributed by atoms with E-state index < -0.39 is 0 Å². The Bertz CT molecular complexity index is 587. The lowest BCUT2D eigenvalue weighted by atomic mass is 9.78. The van der Waals surface area contributed by atoms with Crippen LogP contribution in [0.15, 0.2) is 0 Å². The van der Waals surface area contributed by atoms with E-state index in [1.807, 2.05) is 23.5 Å². The number of rotatable bonds is 4. The van der Waals surface area contributed by atoms with Gasteiger partial charge >= 0.3 is 6.09 Å². The summed E-state index contributed by atoms with van der Waals surface area (Å²) in [6.45, 7) is 0. The summed E-state index contributed by atoms with van der Waals surface area (Å²) in [5.74, 6) is 3.84. The van der Waals surface area contributed by atoms with Crippen LogP contribution in [-0.4, -0.2) is 33.5 Å². The van der Waals surface area contributed by atoms with E-state index in [0.717, 1.165) is 17.3 Å². The van der Waals surface area contributed by atoms with Crippen molar-refractivity contribution in [2.24, 2.45) is 7.05 Å². The molecule has 4 rings (SSSR count). The van der Waals surface area contributed by atoms with E-state index in [0.29, 0.717) is 11.8 Å². The molecule has 1 amide bonds. The highest BCUT2D eigenvalue weighted by atomic mass is 32.2. The number of aromatic nitrogens is 2. The Hall–Kier alpha value is -1.17. The number of amides is 1. The van der Waals surface area contributed by atoms with Gasteiger partial charge in [0.25, 0.3) is 0 Å². The van der Waals surface area contributed by atoms with Gasteiger partial charge in [0.1, 0.15) is 11.9 Å². The first kappa shape index (κ1) is 15.4. The molecular formula is C17H25N3O2S. The van der Waals surface area contributed by atoms with Gasteiger partial charge in [0, 0.05) is 30.0 Å². The highest BCUT2D eigenvalue weighted by Crippen LogP contribution is 2.46. The minimum Gasteiger partial charge on any atom is -0.444 e. The summed E-state index contributed by atoms with van der Waals surface area (Å²) in [6.07, 6.45) is 8.55. The summed E-state index contributed by atoms with van der Waals surface area (Å²) in [5.41, 5.74) is 2.54. The Morgan fingerprint density at radius 1 is 1.17 bits per heavy atom. The van der Waals surface area contributed by atoms with E-state index >= 15 is 0 Å². The number of carbonyl (C=O) groups excluding carboxylic acids is 1. The van der Waals surface area contributed by atoms with Crippen molar-refractivity contribution in [3.63, 3.8) is 0 Å². The van der Waals surface area contributed by atoms with Gasteiger partial charge in [0.05, 0.1) is 5.69 Å². The third-order valence-corrected chi connectivity index (χ3v) is 6.68. The molecule has 126 valence electrons. The molecule has 1 aromatic heterocycles. The monoisotopic (exact) mass is 335 g/mol. The van der Waals surface area contributed by atoms with Crippen LogP contribution in [0.5, 0.6) is 0 Å². The SMILES string of the molecule is Cn1nc(C2CCCC2)c(C2CCC2)c1NC(=O)OC1CSC1. The molecule has 5 nitrogen and oxygen atoms in total. The molecule has 2 saturated carbocycles. The summed E-state index contributed by atoms with van der Waals surface area (Å²) in [7, 11) is 1.94. The van der Waals surface area contributed by atoms with Crippen LogP contribution in [0.25, 0.3) is 0 Å². The maximum Gasteiger partial charge on any atom is 0.413 e. The average molecular weight is 335 g/mol. The summed E-state index contributed by atoms with van der Waals surface area (Å²) in [5, 5.41) is 7.81. The van der Waals surface area contributed by atoms with Gasteiger partial charge in [-0.15, -0.1) is 0 Å². The molecule has 0 unspecified atom stereocenters. The van der Waals surface area contributed by atoms with Crippen molar-refractivity contribution in [2.75, 3.05) is 16.8 Å². The van der Waals surface area contributed by atoms with Crippen LogP contribution in [0.4, 0.5) is 10.6 Å². The minimum atomic E-state index is -0.322. The third-order valence-electron chi connectivity index (χ3n) is 5.47. The predicted octanol–water partition coefficient (Wildman–Crippen LogP) is 4.01. The minimum absolute atomic E-state index is 0.0784. The summed E-state index contributed by atoms with van der Waals surface area (Å²) in [6, 6.07) is 0. The smallest absolute Gasteiger partial charge is 0.413 e. The maximum absolute atomic E-state index is 12.2. The van der Waals surface area contributed by atoms with Crippen molar-refractivity contribution in [1.29, 1.82) is 0 Å². The largest absolute Gasteiger partial charge is 0.444 e. The number of thioether (sulfide) groups is 1. The van der Waals surface area contributed by atoms with Gasteiger partial charge < -0.3 is 4.74 Å². The Balaban J connectivity index is 1.57. The van der Waals surface area contributed by atoms with Gasteiger partial charge in [-0.2, -0.15) is 16.9 Å². The van der Waals surface area contributed by atoms with Gasteiger partial charge in [-0.1, -0.05) is 19.3 Å². The van der Waals surface area contributed by atoms with Crippen molar-refractivity contribution in [2.45, 2.75) is 62.9 Å². The standard InChI is InChI=1S/C17H25N3O2S/c1-20-16(18-17(21)22-13-9-23-10-13)14(11-7-4-8-11)15(19-20)12-5-2-3-6-12/h11-13H,2-10H2,1H3,(H,18,21). The van der Waals surface area contributed by atoms with Crippen molar-refractivity contribution in [3.8, 4) is 0 Å². The van der Waals surface area contributed by atoms with E-state index in [4.69, 9.17) is 9.84 Å². The quantitative estimate of drug-likeness (QED) is 0.903. The number of hydrogen-bond acceptors (Lipinski definition) is 4. The Labute approximate surface area is 141 Å². The van der Waals surface area contributed by atoms with Crippen molar-refractivity contribution >= 4 is 23.7 Å². The molecule has 1 aromatic rings. The van der Waals surface area contributed by atoms with E-state index in [1.165, 1.54) is 56.2 Å². The first-order valence-electron chi connectivity index (χ1n) is 8.84. The van der Waals surface area contributed by atoms with Gasteiger partial charge in [0.2, 0.25) is 0 Å². The third kappa shape index (κ3) is 2.97. The molecule has 2 aliphatic carbocycles. The van der Waals surface area contributed by atoms with Crippen LogP contribution in [-0.2, 0) is 11.8 Å². The van der Waals surface area contributed by atoms with Crippen LogP contribution in [0, 0.1) is 0 Å². The zero-order valence-corrected chi connectivity index (χ0v) is 14.5. The van der Waals surface area contributed by atoms with E-state index in [1.54, 1.807) is 0 Å². The molecule has 1 N–H and O–H groups in total. The molecule has 3 fully saturated rings. The molecule has 3 aliphatic rings. The number of carbonyl (C=O) groups is 1. The molecule has 0 bridgehead atoms. The second-order valence-electron chi connectivity index (χ2n) is 7.07. The number of aryl methyl sites for hydroxylation is 1. The van der Waals surface area contributed by atoms with Gasteiger partial charge in [-0.05, 0) is 31.6 Å². The van der Waals surface area contributed by atoms with Gasteiger partial charge in [0.15, 0.2) is 0 Å². The molecule has 0 atom stereocenters. The average Bonchev–Trinajstić information content (AvgIpc) is 3.04. The van der Waals surface area contributed by atoms with Crippen LogP contribution < -0.4 is 5.32 Å². The molecule has 0 spiro atoms. The lowest BCUT2D eigenvalue weighted by Crippen LogP contribution is -2.33. The second kappa shape index (κ2) is 6.38. The fraction of sp³-hybridized carbons (Fsp3) is 0.765. The lowest BCUT2D eigenvalue weighted by molar-refractivity contribution is 0.129. The van der Waals surface area contributed by atoms with Gasteiger partial charge in [-0.25, -0.2) is 4.79 Å². The molecular weight excluding hydrogens is 310 g/mol. The van der Waals surface area contributed by atoms with Crippen LogP contribution in [0.1, 0.15) is 68.0 Å². The van der Waals surface area contributed by atoms with Crippen LogP contribution >= 0.6 is 11.8 Å². The zero-order chi connectivity index (χ0) is 15.8. The number of anilines is 1. The fourth-order valence-electron chi connectivity index (χ4n) is 3.87. The first-order chi connectivity index (χ1) is 11.2. The fourth-order valence-corrected chi connectivity index (χ4v) is 4.43. The molecule has 6 heteroatoms. The topological polar surface area (TPSA) is 56.2 Å². The summed E-state index contributed by atoms with van der Waals surface area (Å²) in [4.78, 5) is 12.2.